The molecule has 0 aliphatic rings. The third kappa shape index (κ3) is 3.68. The molecule has 1 aromatic heterocycles. The number of amides is 1. The number of nitrogens with two attached hydrogens (primary N) is 1. The summed E-state index contributed by atoms with van der Waals surface area (Å²) < 4.78 is 13.4. The van der Waals surface area contributed by atoms with E-state index in [-0.39, 0.29) is 18.0 Å². The number of nitrogens with one attached hydrogen (secondary N) is 1. The minimum atomic E-state index is -0.483. The van der Waals surface area contributed by atoms with Crippen molar-refractivity contribution in [2.24, 2.45) is 5.73 Å². The van der Waals surface area contributed by atoms with E-state index in [2.05, 4.69) is 21.8 Å². The van der Waals surface area contributed by atoms with Gasteiger partial charge in [-0.05, 0) is 18.2 Å². The van der Waals surface area contributed by atoms with E-state index in [0.29, 0.717) is 17.9 Å². The van der Waals surface area contributed by atoms with Crippen molar-refractivity contribution in [1.29, 1.82) is 0 Å². The zero-order chi connectivity index (χ0) is 15.2. The quantitative estimate of drug-likeness (QED) is 0.831. The van der Waals surface area contributed by atoms with Crippen molar-refractivity contribution >= 4 is 5.91 Å². The van der Waals surface area contributed by atoms with Gasteiger partial charge in [-0.3, -0.25) is 4.79 Å². The second-order valence-corrected chi connectivity index (χ2v) is 4.39. The van der Waals surface area contributed by atoms with Gasteiger partial charge in [-0.2, -0.15) is 0 Å². The van der Waals surface area contributed by atoms with Crippen molar-refractivity contribution in [3.63, 3.8) is 0 Å². The molecule has 0 atom stereocenters. The number of imidazole rings is 1. The summed E-state index contributed by atoms with van der Waals surface area (Å²) in [6.07, 6.45) is 3.28. The largest absolute Gasteiger partial charge is 0.347 e. The van der Waals surface area contributed by atoms with E-state index in [0.717, 1.165) is 0 Å². The summed E-state index contributed by atoms with van der Waals surface area (Å²) >= 11 is 0. The number of benzene rings is 1. The first-order valence-corrected chi connectivity index (χ1v) is 6.34. The summed E-state index contributed by atoms with van der Waals surface area (Å²) in [5.41, 5.74) is 6.00. The van der Waals surface area contributed by atoms with Gasteiger partial charge in [-0.25, -0.2) is 9.37 Å². The molecule has 108 valence electrons. The smallest absolute Gasteiger partial charge is 0.255 e. The maximum absolute atomic E-state index is 13.4. The predicted molar refractivity (Wildman–Crippen MR) is 76.7 cm³/mol. The van der Waals surface area contributed by atoms with Gasteiger partial charge in [-0.1, -0.05) is 11.8 Å². The molecule has 1 amide bonds. The molecule has 0 fully saturated rings. The Balaban J connectivity index is 2.26. The van der Waals surface area contributed by atoms with Crippen molar-refractivity contribution in [1.82, 2.24) is 14.9 Å². The molecular formula is C15H15FN4O. The molecule has 0 aliphatic heterocycles. The summed E-state index contributed by atoms with van der Waals surface area (Å²) in [6.45, 7) is 0.472. The first-order chi connectivity index (χ1) is 10.1. The molecule has 1 aromatic carbocycles. The van der Waals surface area contributed by atoms with Crippen LogP contribution in [-0.2, 0) is 6.54 Å². The van der Waals surface area contributed by atoms with Gasteiger partial charge in [0.05, 0.1) is 18.7 Å². The van der Waals surface area contributed by atoms with E-state index in [1.54, 1.807) is 19.4 Å². The van der Waals surface area contributed by atoms with Crippen LogP contribution in [0.1, 0.15) is 21.7 Å². The molecule has 2 aromatic rings. The van der Waals surface area contributed by atoms with Crippen LogP contribution in [0.2, 0.25) is 0 Å². The van der Waals surface area contributed by atoms with Crippen molar-refractivity contribution in [3.05, 3.63) is 53.4 Å². The molecule has 1 heterocycles. The molecule has 0 aliphatic carbocycles. The minimum absolute atomic E-state index is 0.174. The fraction of sp³-hybridized carbons (Fsp3) is 0.200. The molecule has 2 rings (SSSR count). The Morgan fingerprint density at radius 2 is 2.33 bits per heavy atom. The van der Waals surface area contributed by atoms with Gasteiger partial charge in [0.2, 0.25) is 0 Å². The Morgan fingerprint density at radius 3 is 3.00 bits per heavy atom. The molecule has 0 bridgehead atoms. The lowest BCUT2D eigenvalue weighted by atomic mass is 10.1. The summed E-state index contributed by atoms with van der Waals surface area (Å²) in [5.74, 6) is 5.29. The first-order valence-electron chi connectivity index (χ1n) is 6.34. The maximum Gasteiger partial charge on any atom is 0.255 e. The summed E-state index contributed by atoms with van der Waals surface area (Å²) in [7, 11) is 1.62. The zero-order valence-corrected chi connectivity index (χ0v) is 11.6. The number of halogens is 1. The average Bonchev–Trinajstić information content (AvgIpc) is 2.98. The Hall–Kier alpha value is -2.65. The van der Waals surface area contributed by atoms with Gasteiger partial charge in [0, 0.05) is 25.0 Å². The number of aromatic amines is 1. The van der Waals surface area contributed by atoms with E-state index < -0.39 is 5.82 Å². The lowest BCUT2D eigenvalue weighted by molar-refractivity contribution is 0.0781. The highest BCUT2D eigenvalue weighted by Gasteiger charge is 2.17. The number of carbonyl (C=O) groups is 1. The molecular weight excluding hydrogens is 271 g/mol. The van der Waals surface area contributed by atoms with Gasteiger partial charge in [-0.15, -0.1) is 0 Å². The number of hydrogen-bond donors (Lipinski definition) is 2. The molecule has 0 saturated carbocycles. The van der Waals surface area contributed by atoms with Crippen LogP contribution in [0.5, 0.6) is 0 Å². The van der Waals surface area contributed by atoms with Crippen LogP contribution in [0.15, 0.2) is 30.6 Å². The van der Waals surface area contributed by atoms with E-state index in [1.165, 1.54) is 23.1 Å². The third-order valence-corrected chi connectivity index (χ3v) is 2.83. The highest BCUT2D eigenvalue weighted by Crippen LogP contribution is 2.13. The van der Waals surface area contributed by atoms with Gasteiger partial charge in [0.15, 0.2) is 0 Å². The fourth-order valence-electron chi connectivity index (χ4n) is 1.84. The summed E-state index contributed by atoms with van der Waals surface area (Å²) in [4.78, 5) is 20.8. The Kier molecular flexibility index (Phi) is 4.69. The molecule has 0 radical (unpaired) electrons. The van der Waals surface area contributed by atoms with E-state index >= 15 is 0 Å². The van der Waals surface area contributed by atoms with Crippen molar-refractivity contribution in [2.75, 3.05) is 13.6 Å². The average molecular weight is 286 g/mol. The number of aromatic nitrogens is 2. The number of carbonyl (C=O) groups excluding carboxylic acids is 1. The van der Waals surface area contributed by atoms with Crippen LogP contribution in [0.3, 0.4) is 0 Å². The Labute approximate surface area is 122 Å². The SMILES string of the molecule is CN(Cc1ncc[nH]1)C(=O)c1cc(F)ccc1C#CCN. The molecule has 0 saturated heterocycles. The first kappa shape index (κ1) is 14.8. The molecule has 6 heteroatoms. The lowest BCUT2D eigenvalue weighted by Crippen LogP contribution is -2.27. The van der Waals surface area contributed by atoms with Crippen molar-refractivity contribution in [2.45, 2.75) is 6.54 Å². The maximum atomic E-state index is 13.4. The number of nitrogens with zero attached hydrogens (tertiary/aromatic N) is 2. The van der Waals surface area contributed by atoms with Gasteiger partial charge >= 0.3 is 0 Å². The van der Waals surface area contributed by atoms with Crippen LogP contribution < -0.4 is 5.73 Å². The Morgan fingerprint density at radius 1 is 1.52 bits per heavy atom. The van der Waals surface area contributed by atoms with Crippen LogP contribution >= 0.6 is 0 Å². The molecule has 0 spiro atoms. The van der Waals surface area contributed by atoms with Gasteiger partial charge in [0.25, 0.3) is 5.91 Å². The normalized spacial score (nSPS) is 9.86. The van der Waals surface area contributed by atoms with Crippen LogP contribution in [-0.4, -0.2) is 34.4 Å². The van der Waals surface area contributed by atoms with Crippen LogP contribution in [0.4, 0.5) is 4.39 Å². The summed E-state index contributed by atoms with van der Waals surface area (Å²) in [5, 5.41) is 0. The molecule has 3 N–H and O–H groups in total. The second-order valence-electron chi connectivity index (χ2n) is 4.39. The van der Waals surface area contributed by atoms with Gasteiger partial charge in [0.1, 0.15) is 11.6 Å². The highest BCUT2D eigenvalue weighted by molar-refractivity contribution is 5.96. The highest BCUT2D eigenvalue weighted by atomic mass is 19.1. The third-order valence-electron chi connectivity index (χ3n) is 2.83. The van der Waals surface area contributed by atoms with E-state index in [1.807, 2.05) is 0 Å². The fourth-order valence-corrected chi connectivity index (χ4v) is 1.84. The zero-order valence-electron chi connectivity index (χ0n) is 11.6. The topological polar surface area (TPSA) is 75.0 Å². The van der Waals surface area contributed by atoms with Gasteiger partial charge < -0.3 is 15.6 Å². The second kappa shape index (κ2) is 6.68. The van der Waals surface area contributed by atoms with Crippen molar-refractivity contribution < 1.29 is 9.18 Å². The van der Waals surface area contributed by atoms with Crippen molar-refractivity contribution in [3.8, 4) is 11.8 Å². The predicted octanol–water partition coefficient (Wildman–Crippen LogP) is 1.13. The van der Waals surface area contributed by atoms with Crippen LogP contribution in [0, 0.1) is 17.7 Å². The molecule has 21 heavy (non-hydrogen) atoms. The van der Waals surface area contributed by atoms with E-state index in [4.69, 9.17) is 5.73 Å². The van der Waals surface area contributed by atoms with E-state index in [9.17, 15) is 9.18 Å². The number of H-pyrrole nitrogens is 1. The standard InChI is InChI=1S/C15H15FN4O/c1-20(10-14-18-7-8-19-14)15(21)13-9-12(16)5-4-11(13)3-2-6-17/h4-5,7-9H,6,10,17H2,1H3,(H,18,19). The summed E-state index contributed by atoms with van der Waals surface area (Å²) in [6, 6.07) is 3.93. The van der Waals surface area contributed by atoms with Crippen LogP contribution in [0.25, 0.3) is 0 Å². The number of hydrogen-bond acceptors (Lipinski definition) is 3. The monoisotopic (exact) mass is 286 g/mol. The molecule has 5 nitrogen and oxygen atoms in total. The molecule has 0 unspecified atom stereocenters. The minimum Gasteiger partial charge on any atom is -0.347 e. The lowest BCUT2D eigenvalue weighted by Gasteiger charge is -2.16. The number of rotatable bonds is 3. The Bertz CT molecular complexity index is 685.